The summed E-state index contributed by atoms with van der Waals surface area (Å²) in [5.74, 6) is 5.71. The average Bonchev–Trinajstić information content (AvgIpc) is 2.37. The maximum absolute atomic E-state index is 11.2. The van der Waals surface area contributed by atoms with Crippen LogP contribution in [0.15, 0.2) is 30.3 Å². The number of thioether (sulfide) groups is 1. The van der Waals surface area contributed by atoms with Gasteiger partial charge in [0.05, 0.1) is 5.54 Å². The van der Waals surface area contributed by atoms with Crippen LogP contribution >= 0.6 is 11.8 Å². The molecule has 0 aliphatic heterocycles. The highest BCUT2D eigenvalue weighted by Gasteiger charge is 2.20. The Hall–Kier alpha value is -1.24. The number of carbonyl (C=O) groups is 1. The molecule has 0 radical (unpaired) electrons. The van der Waals surface area contributed by atoms with Gasteiger partial charge in [-0.3, -0.25) is 9.69 Å². The number of carbonyl (C=O) groups excluding carboxylic acids is 1. The van der Waals surface area contributed by atoms with Crippen molar-refractivity contribution in [3.8, 4) is 11.8 Å². The molecule has 1 rings (SSSR count). The molecule has 0 saturated carbocycles. The molecule has 0 aromatic heterocycles. The van der Waals surface area contributed by atoms with Gasteiger partial charge >= 0.3 is 0 Å². The van der Waals surface area contributed by atoms with E-state index in [-0.39, 0.29) is 10.7 Å². The minimum atomic E-state index is -0.318. The van der Waals surface area contributed by atoms with Crippen LogP contribution in [0.1, 0.15) is 19.4 Å². The van der Waals surface area contributed by atoms with E-state index < -0.39 is 0 Å². The van der Waals surface area contributed by atoms with Crippen molar-refractivity contribution in [2.75, 3.05) is 13.3 Å². The fourth-order valence-electron chi connectivity index (χ4n) is 1.41. The largest absolute Gasteiger partial charge is 0.287 e. The van der Waals surface area contributed by atoms with Crippen molar-refractivity contribution >= 4 is 16.9 Å². The summed E-state index contributed by atoms with van der Waals surface area (Å²) in [6.07, 6.45) is 1.75. The molecule has 3 heteroatoms. The summed E-state index contributed by atoms with van der Waals surface area (Å²) in [7, 11) is 2.02. The van der Waals surface area contributed by atoms with Crippen molar-refractivity contribution < 1.29 is 4.79 Å². The lowest BCUT2D eigenvalue weighted by atomic mass is 10.0. The van der Waals surface area contributed by atoms with Crippen molar-refractivity contribution in [2.45, 2.75) is 25.9 Å². The quantitative estimate of drug-likeness (QED) is 0.780. The lowest BCUT2D eigenvalue weighted by Crippen LogP contribution is -2.39. The third kappa shape index (κ3) is 4.56. The topological polar surface area (TPSA) is 20.3 Å². The molecule has 0 N–H and O–H groups in total. The Morgan fingerprint density at radius 3 is 2.50 bits per heavy atom. The van der Waals surface area contributed by atoms with Crippen LogP contribution in [0.25, 0.3) is 0 Å². The van der Waals surface area contributed by atoms with Crippen molar-refractivity contribution in [1.29, 1.82) is 0 Å². The molecule has 0 atom stereocenters. The normalized spacial score (nSPS) is 10.9. The van der Waals surface area contributed by atoms with Crippen LogP contribution in [0.4, 0.5) is 0 Å². The smallest absolute Gasteiger partial charge is 0.262 e. The zero-order chi connectivity index (χ0) is 13.6. The summed E-state index contributed by atoms with van der Waals surface area (Å²) in [5, 5.41) is -0.0869. The molecule has 0 bridgehead atoms. The van der Waals surface area contributed by atoms with Gasteiger partial charge in [-0.05, 0) is 38.6 Å². The summed E-state index contributed by atoms with van der Waals surface area (Å²) in [4.78, 5) is 13.4. The minimum absolute atomic E-state index is 0.0869. The highest BCUT2D eigenvalue weighted by atomic mass is 32.2. The molecule has 0 spiro atoms. The first-order valence-corrected chi connectivity index (χ1v) is 7.04. The molecule has 1 aromatic carbocycles. The number of hydrogen-bond donors (Lipinski definition) is 0. The van der Waals surface area contributed by atoms with Crippen molar-refractivity contribution in [3.05, 3.63) is 35.9 Å². The van der Waals surface area contributed by atoms with Gasteiger partial charge in [-0.2, -0.15) is 0 Å². The third-order valence-corrected chi connectivity index (χ3v) is 3.35. The number of rotatable bonds is 3. The molecule has 0 heterocycles. The van der Waals surface area contributed by atoms with Gasteiger partial charge in [0, 0.05) is 6.54 Å². The Bertz CT molecular complexity index is 456. The first-order valence-electron chi connectivity index (χ1n) is 5.82. The predicted octanol–water partition coefficient (Wildman–Crippen LogP) is 2.79. The second-order valence-corrected chi connectivity index (χ2v) is 5.42. The zero-order valence-electron chi connectivity index (χ0n) is 11.4. The summed E-state index contributed by atoms with van der Waals surface area (Å²) >= 11 is 1.15. The van der Waals surface area contributed by atoms with Crippen LogP contribution in [-0.4, -0.2) is 28.9 Å². The highest BCUT2D eigenvalue weighted by Crippen LogP contribution is 2.15. The Kier molecular flexibility index (Phi) is 5.46. The van der Waals surface area contributed by atoms with E-state index in [0.29, 0.717) is 0 Å². The van der Waals surface area contributed by atoms with Gasteiger partial charge in [0.15, 0.2) is 0 Å². The highest BCUT2D eigenvalue weighted by molar-refractivity contribution is 8.13. The van der Waals surface area contributed by atoms with E-state index in [4.69, 9.17) is 0 Å². The SMILES string of the molecule is CSC(=O)C#CC(C)(C)N(C)Cc1ccccc1. The van der Waals surface area contributed by atoms with Gasteiger partial charge in [-0.15, -0.1) is 0 Å². The number of hydrogen-bond acceptors (Lipinski definition) is 3. The molecule has 2 nitrogen and oxygen atoms in total. The van der Waals surface area contributed by atoms with E-state index in [0.717, 1.165) is 18.3 Å². The average molecular weight is 261 g/mol. The lowest BCUT2D eigenvalue weighted by Gasteiger charge is -2.30. The molecule has 96 valence electrons. The first-order chi connectivity index (χ1) is 8.45. The van der Waals surface area contributed by atoms with Crippen LogP contribution in [0.3, 0.4) is 0 Å². The van der Waals surface area contributed by atoms with E-state index in [2.05, 4.69) is 28.9 Å². The Morgan fingerprint density at radius 2 is 1.94 bits per heavy atom. The summed E-state index contributed by atoms with van der Waals surface area (Å²) in [6, 6.07) is 10.2. The van der Waals surface area contributed by atoms with Crippen molar-refractivity contribution in [1.82, 2.24) is 4.90 Å². The Balaban J connectivity index is 2.72. The second-order valence-electron chi connectivity index (χ2n) is 4.64. The van der Waals surface area contributed by atoms with E-state index >= 15 is 0 Å². The molecule has 1 aromatic rings. The van der Waals surface area contributed by atoms with Gasteiger partial charge in [0.2, 0.25) is 0 Å². The summed E-state index contributed by atoms with van der Waals surface area (Å²) in [6.45, 7) is 4.86. The van der Waals surface area contributed by atoms with Crippen molar-refractivity contribution in [2.24, 2.45) is 0 Å². The maximum Gasteiger partial charge on any atom is 0.262 e. The van der Waals surface area contributed by atoms with Crippen LogP contribution in [-0.2, 0) is 11.3 Å². The van der Waals surface area contributed by atoms with E-state index in [1.807, 2.05) is 39.1 Å². The number of benzene rings is 1. The molecular weight excluding hydrogens is 242 g/mol. The fraction of sp³-hybridized carbons (Fsp3) is 0.400. The molecule has 0 unspecified atom stereocenters. The van der Waals surface area contributed by atoms with Gasteiger partial charge in [-0.1, -0.05) is 48.0 Å². The van der Waals surface area contributed by atoms with Gasteiger partial charge in [0.25, 0.3) is 5.12 Å². The maximum atomic E-state index is 11.2. The summed E-state index contributed by atoms with van der Waals surface area (Å²) < 4.78 is 0. The van der Waals surface area contributed by atoms with E-state index in [1.165, 1.54) is 5.56 Å². The molecule has 0 saturated heterocycles. The summed E-state index contributed by atoms with van der Waals surface area (Å²) in [5.41, 5.74) is 0.924. The van der Waals surface area contributed by atoms with Crippen LogP contribution in [0.2, 0.25) is 0 Å². The van der Waals surface area contributed by atoms with Crippen molar-refractivity contribution in [3.63, 3.8) is 0 Å². The van der Waals surface area contributed by atoms with E-state index in [1.54, 1.807) is 6.26 Å². The van der Waals surface area contributed by atoms with Gasteiger partial charge in [-0.25, -0.2) is 0 Å². The first kappa shape index (κ1) is 14.8. The predicted molar refractivity (Wildman–Crippen MR) is 78.3 cm³/mol. The fourth-order valence-corrected chi connectivity index (χ4v) is 1.56. The molecule has 0 fully saturated rings. The standard InChI is InChI=1S/C15H19NOS/c1-15(2,11-10-14(17)18-4)16(3)12-13-8-6-5-7-9-13/h5-9H,12H2,1-4H3. The van der Waals surface area contributed by atoms with Crippen LogP contribution in [0, 0.1) is 11.8 Å². The van der Waals surface area contributed by atoms with Gasteiger partial charge < -0.3 is 0 Å². The molecule has 18 heavy (non-hydrogen) atoms. The molecular formula is C15H19NOS. The zero-order valence-corrected chi connectivity index (χ0v) is 12.2. The Labute approximate surface area is 114 Å². The third-order valence-electron chi connectivity index (χ3n) is 2.87. The van der Waals surface area contributed by atoms with E-state index in [9.17, 15) is 4.79 Å². The van der Waals surface area contributed by atoms with Crippen LogP contribution < -0.4 is 0 Å². The lowest BCUT2D eigenvalue weighted by molar-refractivity contribution is -0.106. The minimum Gasteiger partial charge on any atom is -0.287 e. The Morgan fingerprint density at radius 1 is 1.33 bits per heavy atom. The molecule has 0 aliphatic carbocycles. The monoisotopic (exact) mass is 261 g/mol. The number of nitrogens with zero attached hydrogens (tertiary/aromatic N) is 1. The second kappa shape index (κ2) is 6.63. The molecule has 0 aliphatic rings. The molecule has 0 amide bonds. The van der Waals surface area contributed by atoms with Crippen LogP contribution in [0.5, 0.6) is 0 Å². The van der Waals surface area contributed by atoms with Gasteiger partial charge in [0.1, 0.15) is 0 Å².